The van der Waals surface area contributed by atoms with Gasteiger partial charge in [0.15, 0.2) is 0 Å². The lowest BCUT2D eigenvalue weighted by molar-refractivity contribution is 0.676. The minimum absolute atomic E-state index is 0.722. The molecule has 1 saturated carbocycles. The maximum Gasteiger partial charge on any atom is 0.0726 e. The molecular weight excluding hydrogens is 258 g/mol. The molecule has 1 heterocycles. The van der Waals surface area contributed by atoms with Crippen molar-refractivity contribution in [2.45, 2.75) is 45.2 Å². The van der Waals surface area contributed by atoms with Crippen molar-refractivity contribution in [3.05, 3.63) is 36.0 Å². The quantitative estimate of drug-likeness (QED) is 0.839. The fraction of sp³-hybridized carbons (Fsp3) is 0.500. The summed E-state index contributed by atoms with van der Waals surface area (Å²) in [5, 5.41) is 4.82. The Morgan fingerprint density at radius 1 is 1.29 bits per heavy atom. The first-order chi connectivity index (χ1) is 10.3. The number of benzene rings is 1. The van der Waals surface area contributed by atoms with Crippen LogP contribution in [0.1, 0.15) is 38.3 Å². The van der Waals surface area contributed by atoms with Gasteiger partial charge >= 0.3 is 0 Å². The van der Waals surface area contributed by atoms with Gasteiger partial charge < -0.3 is 10.2 Å². The SMILES string of the molecule is CCCCN(C)c1cc(CNC2CC2)nc2ccccc12. The predicted molar refractivity (Wildman–Crippen MR) is 89.8 cm³/mol. The highest BCUT2D eigenvalue weighted by atomic mass is 15.1. The van der Waals surface area contributed by atoms with Crippen molar-refractivity contribution in [1.29, 1.82) is 0 Å². The van der Waals surface area contributed by atoms with E-state index in [1.807, 2.05) is 0 Å². The number of unbranched alkanes of at least 4 members (excludes halogenated alkanes) is 1. The summed E-state index contributed by atoms with van der Waals surface area (Å²) in [6, 6.07) is 11.4. The maximum atomic E-state index is 4.81. The largest absolute Gasteiger partial charge is 0.374 e. The van der Waals surface area contributed by atoms with Crippen LogP contribution in [-0.2, 0) is 6.54 Å². The molecule has 2 aromatic rings. The molecule has 1 fully saturated rings. The number of anilines is 1. The minimum atomic E-state index is 0.722. The molecular formula is C18H25N3. The lowest BCUT2D eigenvalue weighted by atomic mass is 10.1. The second-order valence-corrected chi connectivity index (χ2v) is 6.08. The fourth-order valence-electron chi connectivity index (χ4n) is 2.67. The predicted octanol–water partition coefficient (Wildman–Crippen LogP) is 3.72. The molecule has 3 rings (SSSR count). The molecule has 0 radical (unpaired) electrons. The number of hydrogen-bond donors (Lipinski definition) is 1. The second-order valence-electron chi connectivity index (χ2n) is 6.08. The van der Waals surface area contributed by atoms with Gasteiger partial charge in [0, 0.05) is 37.3 Å². The van der Waals surface area contributed by atoms with Gasteiger partial charge in [0.2, 0.25) is 0 Å². The van der Waals surface area contributed by atoms with Gasteiger partial charge in [-0.15, -0.1) is 0 Å². The van der Waals surface area contributed by atoms with Crippen LogP contribution >= 0.6 is 0 Å². The van der Waals surface area contributed by atoms with E-state index in [0.717, 1.165) is 30.3 Å². The number of para-hydroxylation sites is 1. The summed E-state index contributed by atoms with van der Waals surface area (Å²) in [5.74, 6) is 0. The zero-order valence-electron chi connectivity index (χ0n) is 13.1. The number of rotatable bonds is 7. The summed E-state index contributed by atoms with van der Waals surface area (Å²) in [5.41, 5.74) is 3.56. The Morgan fingerprint density at radius 2 is 2.10 bits per heavy atom. The molecule has 0 saturated heterocycles. The molecule has 3 heteroatoms. The Kier molecular flexibility index (Phi) is 4.39. The summed E-state index contributed by atoms with van der Waals surface area (Å²) < 4.78 is 0. The van der Waals surface area contributed by atoms with Gasteiger partial charge in [0.05, 0.1) is 11.2 Å². The zero-order valence-corrected chi connectivity index (χ0v) is 13.1. The van der Waals surface area contributed by atoms with Gasteiger partial charge in [-0.25, -0.2) is 0 Å². The minimum Gasteiger partial charge on any atom is -0.374 e. The Bertz CT molecular complexity index is 604. The topological polar surface area (TPSA) is 28.2 Å². The number of pyridine rings is 1. The number of fused-ring (bicyclic) bond motifs is 1. The van der Waals surface area contributed by atoms with Crippen LogP contribution in [0.25, 0.3) is 10.9 Å². The van der Waals surface area contributed by atoms with E-state index in [0.29, 0.717) is 0 Å². The highest BCUT2D eigenvalue weighted by molar-refractivity contribution is 5.91. The average molecular weight is 283 g/mol. The number of hydrogen-bond acceptors (Lipinski definition) is 3. The van der Waals surface area contributed by atoms with E-state index in [1.165, 1.54) is 36.8 Å². The van der Waals surface area contributed by atoms with Crippen LogP contribution in [0.3, 0.4) is 0 Å². The smallest absolute Gasteiger partial charge is 0.0726 e. The van der Waals surface area contributed by atoms with Gasteiger partial charge in [-0.05, 0) is 31.4 Å². The van der Waals surface area contributed by atoms with E-state index in [1.54, 1.807) is 0 Å². The van der Waals surface area contributed by atoms with Gasteiger partial charge in [-0.2, -0.15) is 0 Å². The van der Waals surface area contributed by atoms with Gasteiger partial charge in [-0.3, -0.25) is 4.98 Å². The van der Waals surface area contributed by atoms with Crippen molar-refractivity contribution in [2.24, 2.45) is 0 Å². The summed E-state index contributed by atoms with van der Waals surface area (Å²) in [4.78, 5) is 7.18. The molecule has 1 aromatic carbocycles. The third kappa shape index (κ3) is 3.53. The normalized spacial score (nSPS) is 14.6. The molecule has 0 unspecified atom stereocenters. The monoisotopic (exact) mass is 283 g/mol. The summed E-state index contributed by atoms with van der Waals surface area (Å²) >= 11 is 0. The molecule has 3 nitrogen and oxygen atoms in total. The van der Waals surface area contributed by atoms with Crippen molar-refractivity contribution in [3.8, 4) is 0 Å². The van der Waals surface area contributed by atoms with Crippen LogP contribution in [0, 0.1) is 0 Å². The molecule has 112 valence electrons. The van der Waals surface area contributed by atoms with Crippen molar-refractivity contribution in [3.63, 3.8) is 0 Å². The Morgan fingerprint density at radius 3 is 2.86 bits per heavy atom. The zero-order chi connectivity index (χ0) is 14.7. The van der Waals surface area contributed by atoms with Crippen LogP contribution in [-0.4, -0.2) is 24.6 Å². The highest BCUT2D eigenvalue weighted by Gasteiger charge is 2.20. The molecule has 1 N–H and O–H groups in total. The Balaban J connectivity index is 1.89. The lowest BCUT2D eigenvalue weighted by Crippen LogP contribution is -2.20. The van der Waals surface area contributed by atoms with E-state index >= 15 is 0 Å². The van der Waals surface area contributed by atoms with Crippen molar-refractivity contribution < 1.29 is 0 Å². The van der Waals surface area contributed by atoms with E-state index in [4.69, 9.17) is 4.98 Å². The van der Waals surface area contributed by atoms with E-state index < -0.39 is 0 Å². The maximum absolute atomic E-state index is 4.81. The number of nitrogens with one attached hydrogen (secondary N) is 1. The number of nitrogens with zero attached hydrogens (tertiary/aromatic N) is 2. The van der Waals surface area contributed by atoms with Crippen LogP contribution in [0.15, 0.2) is 30.3 Å². The summed E-state index contributed by atoms with van der Waals surface area (Å²) in [6.07, 6.45) is 5.08. The standard InChI is InChI=1S/C18H25N3/c1-3-4-11-21(2)18-12-15(13-19-14-9-10-14)20-17-8-6-5-7-16(17)18/h5-8,12,14,19H,3-4,9-11,13H2,1-2H3. The van der Waals surface area contributed by atoms with E-state index in [9.17, 15) is 0 Å². The van der Waals surface area contributed by atoms with Crippen LogP contribution in [0.4, 0.5) is 5.69 Å². The first-order valence-electron chi connectivity index (χ1n) is 8.11. The molecule has 1 aliphatic rings. The first-order valence-corrected chi connectivity index (χ1v) is 8.11. The lowest BCUT2D eigenvalue weighted by Gasteiger charge is -2.22. The van der Waals surface area contributed by atoms with E-state index in [-0.39, 0.29) is 0 Å². The van der Waals surface area contributed by atoms with Crippen LogP contribution in [0.5, 0.6) is 0 Å². The molecule has 0 amide bonds. The summed E-state index contributed by atoms with van der Waals surface area (Å²) in [6.45, 7) is 4.22. The molecule has 0 bridgehead atoms. The second kappa shape index (κ2) is 6.44. The van der Waals surface area contributed by atoms with Crippen LogP contribution in [0.2, 0.25) is 0 Å². The molecule has 21 heavy (non-hydrogen) atoms. The van der Waals surface area contributed by atoms with Crippen LogP contribution < -0.4 is 10.2 Å². The third-order valence-electron chi connectivity index (χ3n) is 4.15. The van der Waals surface area contributed by atoms with E-state index in [2.05, 4.69) is 54.5 Å². The van der Waals surface area contributed by atoms with Gasteiger partial charge in [0.25, 0.3) is 0 Å². The fourth-order valence-corrected chi connectivity index (χ4v) is 2.67. The Labute approximate surface area is 127 Å². The van der Waals surface area contributed by atoms with Crippen molar-refractivity contribution in [1.82, 2.24) is 10.3 Å². The highest BCUT2D eigenvalue weighted by Crippen LogP contribution is 2.27. The number of aromatic nitrogens is 1. The van der Waals surface area contributed by atoms with Crippen molar-refractivity contribution in [2.75, 3.05) is 18.5 Å². The van der Waals surface area contributed by atoms with Crippen molar-refractivity contribution >= 4 is 16.6 Å². The third-order valence-corrected chi connectivity index (χ3v) is 4.15. The first kappa shape index (κ1) is 14.3. The van der Waals surface area contributed by atoms with Gasteiger partial charge in [-0.1, -0.05) is 31.5 Å². The molecule has 1 aliphatic carbocycles. The Hall–Kier alpha value is -1.61. The molecule has 0 aliphatic heterocycles. The molecule has 1 aromatic heterocycles. The summed E-state index contributed by atoms with van der Waals surface area (Å²) in [7, 11) is 2.19. The van der Waals surface area contributed by atoms with Gasteiger partial charge in [0.1, 0.15) is 0 Å². The molecule has 0 spiro atoms. The average Bonchev–Trinajstić information content (AvgIpc) is 3.34. The molecule has 0 atom stereocenters.